The third-order valence-corrected chi connectivity index (χ3v) is 17.6. The molecule has 1 spiro atoms. The van der Waals surface area contributed by atoms with E-state index in [0.717, 1.165) is 46.4 Å². The van der Waals surface area contributed by atoms with Gasteiger partial charge in [0.2, 0.25) is 0 Å². The molecule has 0 radical (unpaired) electrons. The summed E-state index contributed by atoms with van der Waals surface area (Å²) in [5.74, 6) is 3.47. The number of hydrogen-bond acceptors (Lipinski definition) is 1. The first-order chi connectivity index (χ1) is 35.6. The van der Waals surface area contributed by atoms with E-state index in [0.29, 0.717) is 0 Å². The molecule has 0 amide bonds. The molecule has 4 bridgehead atoms. The Morgan fingerprint density at radius 2 is 0.792 bits per heavy atom. The first-order valence-electron chi connectivity index (χ1n) is 26.2. The second kappa shape index (κ2) is 16.4. The smallest absolute Gasteiger partial charge is 0.0542 e. The minimum Gasteiger partial charge on any atom is -0.310 e. The van der Waals surface area contributed by atoms with Gasteiger partial charge in [-0.3, -0.25) is 0 Å². The fourth-order valence-corrected chi connectivity index (χ4v) is 14.7. The van der Waals surface area contributed by atoms with Gasteiger partial charge in [0.1, 0.15) is 0 Å². The molecule has 0 atom stereocenters. The van der Waals surface area contributed by atoms with Crippen molar-refractivity contribution in [3.8, 4) is 61.3 Å². The summed E-state index contributed by atoms with van der Waals surface area (Å²) in [5, 5.41) is 2.46. The van der Waals surface area contributed by atoms with E-state index < -0.39 is 0 Å². The number of hydrogen-bond donors (Lipinski definition) is 0. The molecule has 344 valence electrons. The summed E-state index contributed by atoms with van der Waals surface area (Å²) in [6.07, 6.45) is 7.15. The Labute approximate surface area is 422 Å². The van der Waals surface area contributed by atoms with Crippen LogP contribution >= 0.6 is 0 Å². The summed E-state index contributed by atoms with van der Waals surface area (Å²) < 4.78 is 2.38. The fraction of sp³-hybridized carbons (Fsp3) is 0.143. The Hall–Kier alpha value is -8.20. The van der Waals surface area contributed by atoms with E-state index in [4.69, 9.17) is 0 Å². The lowest BCUT2D eigenvalue weighted by Gasteiger charge is -2.61. The highest BCUT2D eigenvalue weighted by Gasteiger charge is 2.61. The highest BCUT2D eigenvalue weighted by Crippen LogP contribution is 2.69. The van der Waals surface area contributed by atoms with Crippen molar-refractivity contribution < 1.29 is 0 Å². The molecule has 2 nitrogen and oxygen atoms in total. The highest BCUT2D eigenvalue weighted by atomic mass is 15.1. The highest BCUT2D eigenvalue weighted by molar-refractivity contribution is 6.10. The third kappa shape index (κ3) is 6.48. The second-order valence-electron chi connectivity index (χ2n) is 21.3. The van der Waals surface area contributed by atoms with Crippen molar-refractivity contribution in [1.29, 1.82) is 0 Å². The van der Waals surface area contributed by atoms with Crippen LogP contribution in [0, 0.1) is 23.7 Å². The Morgan fingerprint density at radius 1 is 0.319 bits per heavy atom. The van der Waals surface area contributed by atoms with Crippen LogP contribution in [0.3, 0.4) is 0 Å². The summed E-state index contributed by atoms with van der Waals surface area (Å²) in [6.45, 7) is 0. The van der Waals surface area contributed by atoms with E-state index >= 15 is 0 Å². The van der Waals surface area contributed by atoms with Gasteiger partial charge < -0.3 is 9.47 Å². The molecule has 5 aliphatic rings. The van der Waals surface area contributed by atoms with Gasteiger partial charge in [0.15, 0.2) is 0 Å². The van der Waals surface area contributed by atoms with Crippen LogP contribution in [0.5, 0.6) is 0 Å². The quantitative estimate of drug-likeness (QED) is 0.147. The number of benzene rings is 10. The molecule has 5 aliphatic carbocycles. The predicted octanol–water partition coefficient (Wildman–Crippen LogP) is 18.6. The lowest BCUT2D eigenvalue weighted by Crippen LogP contribution is -2.55. The monoisotopic (exact) mass is 922 g/mol. The average Bonchev–Trinajstić information content (AvgIpc) is 3.93. The summed E-state index contributed by atoms with van der Waals surface area (Å²) in [4.78, 5) is 2.39. The third-order valence-electron chi connectivity index (χ3n) is 17.6. The molecule has 2 heteroatoms. The molecule has 4 saturated carbocycles. The van der Waals surface area contributed by atoms with Gasteiger partial charge in [-0.05, 0) is 195 Å². The average molecular weight is 923 g/mol. The van der Waals surface area contributed by atoms with Gasteiger partial charge in [-0.15, -0.1) is 0 Å². The van der Waals surface area contributed by atoms with Crippen LogP contribution in [0.15, 0.2) is 243 Å². The van der Waals surface area contributed by atoms with Crippen LogP contribution in [-0.4, -0.2) is 4.57 Å². The van der Waals surface area contributed by atoms with Gasteiger partial charge >= 0.3 is 0 Å². The van der Waals surface area contributed by atoms with Crippen molar-refractivity contribution >= 4 is 38.9 Å². The number of anilines is 3. The topological polar surface area (TPSA) is 8.17 Å². The molecule has 72 heavy (non-hydrogen) atoms. The van der Waals surface area contributed by atoms with Gasteiger partial charge in [-0.2, -0.15) is 0 Å². The van der Waals surface area contributed by atoms with E-state index in [-0.39, 0.29) is 5.41 Å². The minimum absolute atomic E-state index is 0.206. The first-order valence-corrected chi connectivity index (χ1v) is 26.2. The molecular formula is C70H54N2. The maximum Gasteiger partial charge on any atom is 0.0542 e. The van der Waals surface area contributed by atoms with Crippen molar-refractivity contribution in [3.05, 3.63) is 254 Å². The molecular weight excluding hydrogens is 869 g/mol. The summed E-state index contributed by atoms with van der Waals surface area (Å²) in [6, 6.07) is 90.4. The lowest BCUT2D eigenvalue weighted by molar-refractivity contribution is -0.0399. The Bertz CT molecular complexity index is 3820. The molecule has 16 rings (SSSR count). The van der Waals surface area contributed by atoms with E-state index in [1.807, 2.05) is 0 Å². The van der Waals surface area contributed by atoms with Crippen molar-refractivity contribution in [2.24, 2.45) is 23.7 Å². The second-order valence-corrected chi connectivity index (χ2v) is 21.3. The van der Waals surface area contributed by atoms with Crippen molar-refractivity contribution in [2.75, 3.05) is 4.90 Å². The van der Waals surface area contributed by atoms with Gasteiger partial charge in [0.25, 0.3) is 0 Å². The van der Waals surface area contributed by atoms with Crippen LogP contribution < -0.4 is 4.90 Å². The molecule has 0 N–H and O–H groups in total. The van der Waals surface area contributed by atoms with E-state index in [1.165, 1.54) is 110 Å². The van der Waals surface area contributed by atoms with E-state index in [2.05, 4.69) is 252 Å². The Kier molecular flexibility index (Phi) is 9.49. The Morgan fingerprint density at radius 3 is 1.47 bits per heavy atom. The van der Waals surface area contributed by atoms with Crippen molar-refractivity contribution in [3.63, 3.8) is 0 Å². The molecule has 11 aromatic rings. The molecule has 1 aromatic heterocycles. The van der Waals surface area contributed by atoms with E-state index in [9.17, 15) is 0 Å². The molecule has 0 unspecified atom stereocenters. The summed E-state index contributed by atoms with van der Waals surface area (Å²) in [7, 11) is 0. The zero-order chi connectivity index (χ0) is 47.3. The van der Waals surface area contributed by atoms with Crippen molar-refractivity contribution in [2.45, 2.75) is 37.5 Å². The first kappa shape index (κ1) is 41.6. The summed E-state index contributed by atoms with van der Waals surface area (Å²) >= 11 is 0. The van der Waals surface area contributed by atoms with Crippen LogP contribution in [0.1, 0.15) is 43.2 Å². The molecule has 0 aliphatic heterocycles. The minimum atomic E-state index is 0.206. The number of fused-ring (bicyclic) bond motifs is 6. The van der Waals surface area contributed by atoms with Crippen LogP contribution in [0.4, 0.5) is 17.1 Å². The molecule has 4 fully saturated rings. The fourth-order valence-electron chi connectivity index (χ4n) is 14.7. The predicted molar refractivity (Wildman–Crippen MR) is 300 cm³/mol. The largest absolute Gasteiger partial charge is 0.310 e. The number of para-hydroxylation sites is 2. The van der Waals surface area contributed by atoms with Crippen LogP contribution in [-0.2, 0) is 5.41 Å². The van der Waals surface area contributed by atoms with Gasteiger partial charge in [0.05, 0.1) is 11.0 Å². The van der Waals surface area contributed by atoms with Crippen LogP contribution in [0.25, 0.3) is 83.1 Å². The number of nitrogens with zero attached hydrogens (tertiary/aromatic N) is 2. The maximum absolute atomic E-state index is 2.55. The van der Waals surface area contributed by atoms with Gasteiger partial charge in [-0.25, -0.2) is 0 Å². The van der Waals surface area contributed by atoms with Crippen molar-refractivity contribution in [1.82, 2.24) is 4.57 Å². The zero-order valence-electron chi connectivity index (χ0n) is 40.3. The maximum atomic E-state index is 2.55. The Balaban J connectivity index is 0.744. The van der Waals surface area contributed by atoms with Gasteiger partial charge in [-0.1, -0.05) is 170 Å². The molecule has 0 saturated heterocycles. The SMILES string of the molecule is c1ccc(-c2ccc(N(c3ccc(-c4ccc(-c5cccc(-c6ccc7c(c6)-c6ccccc6C76C7CC8CC(C7)CC6C8)c5)cc4)cc3)c3ccc4c(c3)c3ccccc3n4-c3ccccc3)cc2)cc1. The van der Waals surface area contributed by atoms with Crippen LogP contribution in [0.2, 0.25) is 0 Å². The summed E-state index contributed by atoms with van der Waals surface area (Å²) in [5.41, 5.74) is 23.2. The molecule has 1 heterocycles. The standard InChI is InChI=1S/C70H54N2/c1-3-12-48(13-4-1)50-26-31-59(32-27-50)71(61-35-37-69-65(45-61)63-19-8-10-21-68(63)72(69)58-16-5-2-6-17-58)60-33-28-51(29-34-60)49-22-24-52(25-23-49)53-14-11-15-54(43-53)55-30-36-67-64(44-55)62-18-7-9-20-66(62)70(67)56-39-46-38-47(41-56)42-57(70)40-46/h1-37,43-47,56-57H,38-42H2. The molecule has 10 aromatic carbocycles. The number of rotatable bonds is 8. The lowest BCUT2D eigenvalue weighted by atomic mass is 9.43. The van der Waals surface area contributed by atoms with Gasteiger partial charge in [0, 0.05) is 38.9 Å². The zero-order valence-corrected chi connectivity index (χ0v) is 40.3. The number of aromatic nitrogens is 1. The van der Waals surface area contributed by atoms with E-state index in [1.54, 1.807) is 11.1 Å². The normalized spacial score (nSPS) is 20.3.